The Morgan fingerprint density at radius 1 is 1.17 bits per heavy atom. The second kappa shape index (κ2) is 7.79. The average Bonchev–Trinajstić information content (AvgIpc) is 2.67. The Labute approximate surface area is 164 Å². The van der Waals surface area contributed by atoms with Gasteiger partial charge in [0.1, 0.15) is 22.7 Å². The van der Waals surface area contributed by atoms with Gasteiger partial charge in [-0.25, -0.2) is 17.2 Å². The quantitative estimate of drug-likeness (QED) is 0.543. The molecule has 0 unspecified atom stereocenters. The molecule has 1 amide bonds. The van der Waals surface area contributed by atoms with E-state index in [0.29, 0.717) is 11.8 Å². The number of sulfonamides is 1. The lowest BCUT2D eigenvalue weighted by atomic mass is 10.1. The molecule has 12 heteroatoms. The van der Waals surface area contributed by atoms with E-state index in [1.807, 2.05) is 0 Å². The highest BCUT2D eigenvalue weighted by atomic mass is 32.2. The molecule has 0 saturated carbocycles. The van der Waals surface area contributed by atoms with Gasteiger partial charge in [-0.3, -0.25) is 19.9 Å². The first-order valence-corrected chi connectivity index (χ1v) is 9.91. The topological polar surface area (TPSA) is 114 Å². The maximum absolute atomic E-state index is 13.9. The lowest BCUT2D eigenvalue weighted by molar-refractivity contribution is -0.385. The molecule has 1 aliphatic heterocycles. The Balaban J connectivity index is 1.76. The van der Waals surface area contributed by atoms with E-state index < -0.39 is 37.4 Å². The summed E-state index contributed by atoms with van der Waals surface area (Å²) in [7, 11) is -4.20. The second-order valence-electron chi connectivity index (χ2n) is 6.35. The maximum atomic E-state index is 13.9. The van der Waals surface area contributed by atoms with Crippen molar-refractivity contribution in [2.24, 2.45) is 0 Å². The van der Waals surface area contributed by atoms with Crippen LogP contribution in [0.4, 0.5) is 14.5 Å². The number of nitrogens with zero attached hydrogens (tertiary/aromatic N) is 4. The molecular weight excluding hydrogens is 410 g/mol. The van der Waals surface area contributed by atoms with Crippen LogP contribution in [0.25, 0.3) is 0 Å². The lowest BCUT2D eigenvalue weighted by Crippen LogP contribution is -2.50. The SMILES string of the molecule is Cc1ncc([N+](=O)[O-])cc1C(=O)N1CCN(S(=O)(=O)c2ccc(F)cc2F)CC1. The van der Waals surface area contributed by atoms with Crippen LogP contribution < -0.4 is 0 Å². The van der Waals surface area contributed by atoms with E-state index >= 15 is 0 Å². The Hall–Kier alpha value is -2.99. The minimum atomic E-state index is -4.20. The van der Waals surface area contributed by atoms with E-state index in [-0.39, 0.29) is 37.4 Å². The molecular formula is C17H16F2N4O5S. The molecule has 0 aliphatic carbocycles. The summed E-state index contributed by atoms with van der Waals surface area (Å²) in [5, 5.41) is 10.9. The Morgan fingerprint density at radius 2 is 1.83 bits per heavy atom. The van der Waals surface area contributed by atoms with Gasteiger partial charge in [0.25, 0.3) is 11.6 Å². The van der Waals surface area contributed by atoms with Crippen molar-refractivity contribution in [3.05, 3.63) is 63.5 Å². The van der Waals surface area contributed by atoms with E-state index in [4.69, 9.17) is 0 Å². The predicted octanol–water partition coefficient (Wildman–Crippen LogP) is 1.72. The summed E-state index contributed by atoms with van der Waals surface area (Å²) in [6.07, 6.45) is 1.05. The van der Waals surface area contributed by atoms with Crippen molar-refractivity contribution in [3.8, 4) is 0 Å². The fraction of sp³-hybridized carbons (Fsp3) is 0.294. The van der Waals surface area contributed by atoms with Crippen LogP contribution >= 0.6 is 0 Å². The maximum Gasteiger partial charge on any atom is 0.288 e. The van der Waals surface area contributed by atoms with Crippen molar-refractivity contribution in [1.82, 2.24) is 14.2 Å². The number of benzene rings is 1. The van der Waals surface area contributed by atoms with E-state index in [9.17, 15) is 32.1 Å². The van der Waals surface area contributed by atoms with Gasteiger partial charge in [-0.1, -0.05) is 0 Å². The fourth-order valence-corrected chi connectivity index (χ4v) is 4.43. The second-order valence-corrected chi connectivity index (χ2v) is 8.26. The van der Waals surface area contributed by atoms with Gasteiger partial charge >= 0.3 is 0 Å². The fourth-order valence-electron chi connectivity index (χ4n) is 2.96. The van der Waals surface area contributed by atoms with Crippen LogP contribution in [0.5, 0.6) is 0 Å². The standard InChI is InChI=1S/C17H16F2N4O5S/c1-11-14(9-13(10-20-11)23(25)26)17(24)21-4-6-22(7-5-21)29(27,28)16-3-2-12(18)8-15(16)19/h2-3,8-10H,4-7H2,1H3. The van der Waals surface area contributed by atoms with Crippen molar-refractivity contribution >= 4 is 21.6 Å². The molecule has 1 fully saturated rings. The highest BCUT2D eigenvalue weighted by Gasteiger charge is 2.33. The summed E-state index contributed by atoms with van der Waals surface area (Å²) < 4.78 is 53.2. The van der Waals surface area contributed by atoms with Gasteiger partial charge in [0, 0.05) is 38.3 Å². The van der Waals surface area contributed by atoms with Crippen LogP contribution in [-0.2, 0) is 10.0 Å². The number of nitro groups is 1. The molecule has 0 N–H and O–H groups in total. The highest BCUT2D eigenvalue weighted by molar-refractivity contribution is 7.89. The molecule has 0 atom stereocenters. The Bertz CT molecular complexity index is 1090. The van der Waals surface area contributed by atoms with Gasteiger partial charge < -0.3 is 4.90 Å². The molecule has 0 radical (unpaired) electrons. The number of carbonyl (C=O) groups excluding carboxylic acids is 1. The molecule has 29 heavy (non-hydrogen) atoms. The van der Waals surface area contributed by atoms with Crippen molar-refractivity contribution in [2.45, 2.75) is 11.8 Å². The molecule has 1 aromatic heterocycles. The van der Waals surface area contributed by atoms with Crippen molar-refractivity contribution in [3.63, 3.8) is 0 Å². The van der Waals surface area contributed by atoms with Gasteiger partial charge in [0.05, 0.1) is 16.2 Å². The first-order valence-electron chi connectivity index (χ1n) is 8.47. The third-order valence-electron chi connectivity index (χ3n) is 4.55. The van der Waals surface area contributed by atoms with Gasteiger partial charge in [-0.2, -0.15) is 4.31 Å². The molecule has 2 heterocycles. The van der Waals surface area contributed by atoms with Gasteiger partial charge in [0.15, 0.2) is 0 Å². The predicted molar refractivity (Wildman–Crippen MR) is 96.6 cm³/mol. The number of aryl methyl sites for hydroxylation is 1. The third kappa shape index (κ3) is 4.07. The average molecular weight is 426 g/mol. The molecule has 9 nitrogen and oxygen atoms in total. The Morgan fingerprint density at radius 3 is 2.41 bits per heavy atom. The zero-order valence-corrected chi connectivity index (χ0v) is 16.0. The summed E-state index contributed by atoms with van der Waals surface area (Å²) in [5.74, 6) is -2.59. The monoisotopic (exact) mass is 426 g/mol. The van der Waals surface area contributed by atoms with Crippen LogP contribution in [0, 0.1) is 28.7 Å². The van der Waals surface area contributed by atoms with Gasteiger partial charge in [-0.05, 0) is 19.1 Å². The molecule has 1 saturated heterocycles. The number of piperazine rings is 1. The number of carbonyl (C=O) groups is 1. The minimum absolute atomic E-state index is 0.00299. The number of hydrogen-bond acceptors (Lipinski definition) is 6. The van der Waals surface area contributed by atoms with Crippen LogP contribution in [-0.4, -0.2) is 59.6 Å². The summed E-state index contributed by atoms with van der Waals surface area (Å²) in [5.41, 5.74) is 0.0380. The number of aromatic nitrogens is 1. The summed E-state index contributed by atoms with van der Waals surface area (Å²) in [4.78, 5) is 27.5. The number of amides is 1. The van der Waals surface area contributed by atoms with E-state index in [1.54, 1.807) is 0 Å². The number of rotatable bonds is 4. The number of halogens is 2. The van der Waals surface area contributed by atoms with Crippen molar-refractivity contribution in [1.29, 1.82) is 0 Å². The molecule has 3 rings (SSSR count). The number of hydrogen-bond donors (Lipinski definition) is 0. The normalized spacial score (nSPS) is 15.3. The van der Waals surface area contributed by atoms with E-state index in [0.717, 1.165) is 28.7 Å². The van der Waals surface area contributed by atoms with Crippen molar-refractivity contribution in [2.75, 3.05) is 26.2 Å². The lowest BCUT2D eigenvalue weighted by Gasteiger charge is -2.34. The first-order chi connectivity index (χ1) is 13.6. The molecule has 0 spiro atoms. The smallest absolute Gasteiger partial charge is 0.288 e. The molecule has 154 valence electrons. The third-order valence-corrected chi connectivity index (χ3v) is 6.48. The highest BCUT2D eigenvalue weighted by Crippen LogP contribution is 2.23. The van der Waals surface area contributed by atoms with E-state index in [2.05, 4.69) is 4.98 Å². The van der Waals surface area contributed by atoms with Crippen LogP contribution in [0.2, 0.25) is 0 Å². The van der Waals surface area contributed by atoms with Gasteiger partial charge in [0.2, 0.25) is 10.0 Å². The van der Waals surface area contributed by atoms with E-state index in [1.165, 1.54) is 11.8 Å². The molecule has 0 bridgehead atoms. The molecule has 2 aromatic rings. The summed E-state index contributed by atoms with van der Waals surface area (Å²) in [6, 6.07) is 3.33. The first kappa shape index (κ1) is 20.7. The molecule has 1 aromatic carbocycles. The zero-order valence-electron chi connectivity index (χ0n) is 15.2. The Kier molecular flexibility index (Phi) is 5.57. The van der Waals surface area contributed by atoms with Gasteiger partial charge in [-0.15, -0.1) is 0 Å². The van der Waals surface area contributed by atoms with Crippen LogP contribution in [0.15, 0.2) is 35.4 Å². The summed E-state index contributed by atoms with van der Waals surface area (Å²) >= 11 is 0. The minimum Gasteiger partial charge on any atom is -0.336 e. The van der Waals surface area contributed by atoms with Crippen LogP contribution in [0.1, 0.15) is 16.1 Å². The summed E-state index contributed by atoms with van der Waals surface area (Å²) in [6.45, 7) is 1.33. The van der Waals surface area contributed by atoms with Crippen molar-refractivity contribution < 1.29 is 26.9 Å². The largest absolute Gasteiger partial charge is 0.336 e. The van der Waals surface area contributed by atoms with Crippen LogP contribution in [0.3, 0.4) is 0 Å². The zero-order chi connectivity index (χ0) is 21.3. The molecule has 1 aliphatic rings. The number of pyridine rings is 1.